The molecular formula is C15H15BrN6O. The summed E-state index contributed by atoms with van der Waals surface area (Å²) >= 11 is 3.51. The Morgan fingerprint density at radius 3 is 2.57 bits per heavy atom. The molecule has 23 heavy (non-hydrogen) atoms. The number of methoxy groups -OCH3 is 1. The predicted molar refractivity (Wildman–Crippen MR) is 90.3 cm³/mol. The van der Waals surface area contributed by atoms with Gasteiger partial charge in [0.15, 0.2) is 0 Å². The Labute approximate surface area is 141 Å². The Morgan fingerprint density at radius 1 is 1.22 bits per heavy atom. The van der Waals surface area contributed by atoms with Crippen LogP contribution in [0.5, 0.6) is 5.75 Å². The van der Waals surface area contributed by atoms with Gasteiger partial charge in [0, 0.05) is 0 Å². The quantitative estimate of drug-likeness (QED) is 0.658. The molecule has 0 unspecified atom stereocenters. The minimum Gasteiger partial charge on any atom is -0.497 e. The second kappa shape index (κ2) is 6.33. The van der Waals surface area contributed by atoms with Gasteiger partial charge in [-0.25, -0.2) is 4.68 Å². The number of hydrogen-bond acceptors (Lipinski definition) is 5. The topological polar surface area (TPSA) is 70.1 Å². The van der Waals surface area contributed by atoms with E-state index in [2.05, 4.69) is 36.3 Å². The summed E-state index contributed by atoms with van der Waals surface area (Å²) in [6, 6.07) is 7.61. The maximum Gasteiger partial charge on any atom is 0.273 e. The minimum atomic E-state index is 0.529. The number of rotatable bonds is 4. The van der Waals surface area contributed by atoms with E-state index in [9.17, 15) is 0 Å². The molecule has 1 aromatic carbocycles. The fraction of sp³-hybridized carbons (Fsp3) is 0.200. The third kappa shape index (κ3) is 3.02. The molecular weight excluding hydrogens is 360 g/mol. The van der Waals surface area contributed by atoms with Gasteiger partial charge >= 0.3 is 0 Å². The molecule has 0 bridgehead atoms. The molecule has 0 N–H and O–H groups in total. The highest BCUT2D eigenvalue weighted by atomic mass is 79.9. The first kappa shape index (κ1) is 15.4. The van der Waals surface area contributed by atoms with Gasteiger partial charge in [-0.15, -0.1) is 10.2 Å². The average Bonchev–Trinajstić information content (AvgIpc) is 3.13. The van der Waals surface area contributed by atoms with Gasteiger partial charge in [0.1, 0.15) is 12.1 Å². The first-order chi connectivity index (χ1) is 11.1. The summed E-state index contributed by atoms with van der Waals surface area (Å²) in [5.41, 5.74) is 2.77. The van der Waals surface area contributed by atoms with E-state index >= 15 is 0 Å². The molecule has 3 aromatic rings. The highest BCUT2D eigenvalue weighted by Crippen LogP contribution is 2.22. The summed E-state index contributed by atoms with van der Waals surface area (Å²) in [5.74, 6) is 1.33. The van der Waals surface area contributed by atoms with Crippen LogP contribution < -0.4 is 4.74 Å². The summed E-state index contributed by atoms with van der Waals surface area (Å²) < 4.78 is 9.37. The summed E-state index contributed by atoms with van der Waals surface area (Å²) in [6.07, 6.45) is 3.27. The van der Waals surface area contributed by atoms with Crippen molar-refractivity contribution >= 4 is 22.1 Å². The maximum absolute atomic E-state index is 5.14. The largest absolute Gasteiger partial charge is 0.497 e. The zero-order chi connectivity index (χ0) is 16.4. The molecule has 0 atom stereocenters. The molecule has 0 aliphatic rings. The standard InChI is InChI=1S/C15H15BrN6O/c1-10-14(16)11(2)22(20-10)15-19-17-9-21(15)18-8-12-4-6-13(23-3)7-5-12/h4-9H,1-3H3/b18-8+. The Balaban J connectivity index is 1.91. The van der Waals surface area contributed by atoms with Crippen LogP contribution in [0.2, 0.25) is 0 Å². The number of hydrogen-bond donors (Lipinski definition) is 0. The van der Waals surface area contributed by atoms with Crippen LogP contribution in [0.25, 0.3) is 5.95 Å². The van der Waals surface area contributed by atoms with Crippen LogP contribution in [0.4, 0.5) is 0 Å². The van der Waals surface area contributed by atoms with E-state index in [0.717, 1.165) is 27.2 Å². The van der Waals surface area contributed by atoms with E-state index in [1.807, 2.05) is 38.1 Å². The maximum atomic E-state index is 5.14. The second-order valence-electron chi connectivity index (χ2n) is 4.89. The molecule has 0 saturated heterocycles. The lowest BCUT2D eigenvalue weighted by Crippen LogP contribution is -2.06. The van der Waals surface area contributed by atoms with Crippen molar-refractivity contribution in [1.29, 1.82) is 0 Å². The van der Waals surface area contributed by atoms with Crippen LogP contribution in [0.15, 0.2) is 40.2 Å². The number of benzene rings is 1. The lowest BCUT2D eigenvalue weighted by Gasteiger charge is -2.03. The number of aryl methyl sites for hydroxylation is 1. The minimum absolute atomic E-state index is 0.529. The molecule has 0 spiro atoms. The van der Waals surface area contributed by atoms with Crippen molar-refractivity contribution in [2.24, 2.45) is 5.10 Å². The van der Waals surface area contributed by atoms with Crippen molar-refractivity contribution in [1.82, 2.24) is 24.7 Å². The molecule has 0 aliphatic carbocycles. The molecule has 0 radical (unpaired) electrons. The number of halogens is 1. The van der Waals surface area contributed by atoms with Gasteiger partial charge in [0.25, 0.3) is 5.95 Å². The predicted octanol–water partition coefficient (Wildman–Crippen LogP) is 2.73. The van der Waals surface area contributed by atoms with Crippen molar-refractivity contribution in [3.05, 3.63) is 52.0 Å². The van der Waals surface area contributed by atoms with Crippen LogP contribution in [-0.2, 0) is 0 Å². The third-order valence-electron chi connectivity index (χ3n) is 3.35. The SMILES string of the molecule is COc1ccc(/C=N/n2cnnc2-n2nc(C)c(Br)c2C)cc1. The molecule has 0 saturated carbocycles. The zero-order valence-corrected chi connectivity index (χ0v) is 14.5. The van der Waals surface area contributed by atoms with Crippen LogP contribution >= 0.6 is 15.9 Å². The van der Waals surface area contributed by atoms with Crippen molar-refractivity contribution in [2.75, 3.05) is 7.11 Å². The van der Waals surface area contributed by atoms with Gasteiger partial charge in [-0.2, -0.15) is 14.9 Å². The van der Waals surface area contributed by atoms with E-state index in [1.165, 1.54) is 0 Å². The summed E-state index contributed by atoms with van der Waals surface area (Å²) in [4.78, 5) is 0. The van der Waals surface area contributed by atoms with Crippen molar-refractivity contribution in [3.8, 4) is 11.7 Å². The average molecular weight is 375 g/mol. The van der Waals surface area contributed by atoms with E-state index in [1.54, 1.807) is 29.0 Å². The first-order valence-corrected chi connectivity index (χ1v) is 7.70. The van der Waals surface area contributed by atoms with Gasteiger partial charge in [-0.3, -0.25) is 0 Å². The fourth-order valence-corrected chi connectivity index (χ4v) is 2.33. The summed E-state index contributed by atoms with van der Waals surface area (Å²) in [6.45, 7) is 3.88. The highest BCUT2D eigenvalue weighted by Gasteiger charge is 2.14. The smallest absolute Gasteiger partial charge is 0.273 e. The number of aromatic nitrogens is 5. The van der Waals surface area contributed by atoms with Gasteiger partial charge in [-0.05, 0) is 59.6 Å². The van der Waals surface area contributed by atoms with Crippen molar-refractivity contribution in [3.63, 3.8) is 0 Å². The summed E-state index contributed by atoms with van der Waals surface area (Å²) in [7, 11) is 1.64. The monoisotopic (exact) mass is 374 g/mol. The molecule has 7 nitrogen and oxygen atoms in total. The Hall–Kier alpha value is -2.48. The van der Waals surface area contributed by atoms with Gasteiger partial charge < -0.3 is 4.74 Å². The van der Waals surface area contributed by atoms with Crippen molar-refractivity contribution in [2.45, 2.75) is 13.8 Å². The molecule has 118 valence electrons. The highest BCUT2D eigenvalue weighted by molar-refractivity contribution is 9.10. The van der Waals surface area contributed by atoms with Crippen LogP contribution in [0.1, 0.15) is 17.0 Å². The summed E-state index contributed by atoms with van der Waals surface area (Å²) in [5, 5.41) is 16.9. The normalized spacial score (nSPS) is 11.3. The van der Waals surface area contributed by atoms with Crippen molar-refractivity contribution < 1.29 is 4.74 Å². The number of nitrogens with zero attached hydrogens (tertiary/aromatic N) is 6. The molecule has 8 heteroatoms. The molecule has 2 heterocycles. The number of ether oxygens (including phenoxy) is 1. The molecule has 0 fully saturated rings. The van der Waals surface area contributed by atoms with Gasteiger partial charge in [-0.1, -0.05) is 0 Å². The Morgan fingerprint density at radius 2 is 1.96 bits per heavy atom. The fourth-order valence-electron chi connectivity index (χ4n) is 2.08. The van der Waals surface area contributed by atoms with E-state index in [0.29, 0.717) is 5.95 Å². The van der Waals surface area contributed by atoms with E-state index < -0.39 is 0 Å². The molecule has 0 aliphatic heterocycles. The van der Waals surface area contributed by atoms with Gasteiger partial charge in [0.05, 0.1) is 29.2 Å². The van der Waals surface area contributed by atoms with E-state index in [4.69, 9.17) is 4.74 Å². The molecule has 3 rings (SSSR count). The van der Waals surface area contributed by atoms with Crippen LogP contribution in [-0.4, -0.2) is 38.0 Å². The van der Waals surface area contributed by atoms with Crippen LogP contribution in [0.3, 0.4) is 0 Å². The second-order valence-corrected chi connectivity index (χ2v) is 5.68. The third-order valence-corrected chi connectivity index (χ3v) is 4.50. The first-order valence-electron chi connectivity index (χ1n) is 6.90. The Kier molecular flexibility index (Phi) is 4.24. The lowest BCUT2D eigenvalue weighted by molar-refractivity contribution is 0.415. The molecule has 2 aromatic heterocycles. The lowest BCUT2D eigenvalue weighted by atomic mass is 10.2. The molecule has 0 amide bonds. The zero-order valence-electron chi connectivity index (χ0n) is 12.9. The Bertz CT molecular complexity index is 849. The van der Waals surface area contributed by atoms with Crippen LogP contribution in [0, 0.1) is 13.8 Å². The van der Waals surface area contributed by atoms with Gasteiger partial charge in [0.2, 0.25) is 0 Å². The van der Waals surface area contributed by atoms with E-state index in [-0.39, 0.29) is 0 Å².